The van der Waals surface area contributed by atoms with Gasteiger partial charge < -0.3 is 5.73 Å². The van der Waals surface area contributed by atoms with Gasteiger partial charge in [0.2, 0.25) is 0 Å². The summed E-state index contributed by atoms with van der Waals surface area (Å²) in [5.74, 6) is 0.732. The first-order chi connectivity index (χ1) is 9.74. The first-order valence-electron chi connectivity index (χ1n) is 7.10. The fourth-order valence-corrected chi connectivity index (χ4v) is 3.21. The first-order valence-corrected chi connectivity index (χ1v) is 7.10. The number of nitrogens with zero attached hydrogens (tertiary/aromatic N) is 2. The quantitative estimate of drug-likeness (QED) is 0.731. The van der Waals surface area contributed by atoms with Crippen molar-refractivity contribution in [3.8, 4) is 11.3 Å². The van der Waals surface area contributed by atoms with Crippen LogP contribution in [0.3, 0.4) is 0 Å². The summed E-state index contributed by atoms with van der Waals surface area (Å²) in [5.41, 5.74) is 13.3. The van der Waals surface area contributed by atoms with Gasteiger partial charge in [0.05, 0.1) is 0 Å². The molecular formula is C17H17N3. The van der Waals surface area contributed by atoms with Crippen LogP contribution < -0.4 is 5.73 Å². The van der Waals surface area contributed by atoms with E-state index in [9.17, 15) is 0 Å². The highest BCUT2D eigenvalue weighted by atomic mass is 15.1. The highest BCUT2D eigenvalue weighted by Gasteiger charge is 2.16. The molecule has 0 aliphatic heterocycles. The fourth-order valence-electron chi connectivity index (χ4n) is 3.21. The molecule has 0 fully saturated rings. The predicted molar refractivity (Wildman–Crippen MR) is 81.8 cm³/mol. The van der Waals surface area contributed by atoms with Gasteiger partial charge in [0.1, 0.15) is 17.2 Å². The van der Waals surface area contributed by atoms with Crippen LogP contribution in [-0.2, 0) is 12.8 Å². The molecule has 0 spiro atoms. The van der Waals surface area contributed by atoms with Crippen LogP contribution in [0.4, 0.5) is 5.82 Å². The third-order valence-corrected chi connectivity index (χ3v) is 4.25. The van der Waals surface area contributed by atoms with E-state index in [0.717, 1.165) is 28.4 Å². The molecule has 1 aromatic carbocycles. The molecule has 2 aromatic heterocycles. The van der Waals surface area contributed by atoms with E-state index in [2.05, 4.69) is 31.2 Å². The smallest absolute Gasteiger partial charge is 0.139 e. The van der Waals surface area contributed by atoms with Crippen molar-refractivity contribution in [1.82, 2.24) is 9.38 Å². The second-order valence-corrected chi connectivity index (χ2v) is 5.54. The Hall–Kier alpha value is -2.29. The minimum atomic E-state index is 0.732. The van der Waals surface area contributed by atoms with Crippen LogP contribution in [0.2, 0.25) is 0 Å². The summed E-state index contributed by atoms with van der Waals surface area (Å²) in [6, 6.07) is 12.7. The zero-order chi connectivity index (χ0) is 13.7. The largest absolute Gasteiger partial charge is 0.383 e. The van der Waals surface area contributed by atoms with E-state index in [1.807, 2.05) is 16.5 Å². The maximum atomic E-state index is 6.32. The summed E-state index contributed by atoms with van der Waals surface area (Å²) in [6.07, 6.45) is 3.64. The summed E-state index contributed by atoms with van der Waals surface area (Å²) in [6.45, 7) is 2.05. The first kappa shape index (κ1) is 11.5. The van der Waals surface area contributed by atoms with Crippen LogP contribution in [0.5, 0.6) is 0 Å². The Bertz CT molecular complexity index is 814. The molecule has 0 radical (unpaired) electrons. The Labute approximate surface area is 118 Å². The molecular weight excluding hydrogens is 246 g/mol. The van der Waals surface area contributed by atoms with Crippen molar-refractivity contribution in [2.75, 3.05) is 5.73 Å². The van der Waals surface area contributed by atoms with E-state index in [0.29, 0.717) is 0 Å². The molecule has 0 bridgehead atoms. The number of aryl methyl sites for hydroxylation is 3. The molecule has 2 N–H and O–H groups in total. The highest BCUT2D eigenvalue weighted by Crippen LogP contribution is 2.31. The van der Waals surface area contributed by atoms with Crippen LogP contribution in [0.1, 0.15) is 23.2 Å². The van der Waals surface area contributed by atoms with Gasteiger partial charge in [-0.2, -0.15) is 0 Å². The molecule has 100 valence electrons. The Balaban J connectivity index is 1.94. The van der Waals surface area contributed by atoms with Crippen LogP contribution in [0, 0.1) is 6.92 Å². The van der Waals surface area contributed by atoms with Crippen LogP contribution in [-0.4, -0.2) is 9.38 Å². The molecule has 3 heteroatoms. The number of aromatic nitrogens is 2. The number of anilines is 1. The number of fused-ring (bicyclic) bond motifs is 2. The molecule has 2 heterocycles. The number of pyridine rings is 1. The molecule has 4 rings (SSSR count). The van der Waals surface area contributed by atoms with E-state index in [-0.39, 0.29) is 0 Å². The van der Waals surface area contributed by atoms with Crippen molar-refractivity contribution in [1.29, 1.82) is 0 Å². The molecule has 0 saturated carbocycles. The molecule has 1 aliphatic rings. The number of rotatable bonds is 1. The second-order valence-electron chi connectivity index (χ2n) is 5.54. The SMILES string of the molecule is Cc1cccc2nc(-c3ccc4c(c3)CCC4)c(N)n12. The van der Waals surface area contributed by atoms with E-state index in [1.165, 1.54) is 30.4 Å². The van der Waals surface area contributed by atoms with E-state index in [4.69, 9.17) is 10.7 Å². The van der Waals surface area contributed by atoms with Crippen LogP contribution in [0.25, 0.3) is 16.9 Å². The van der Waals surface area contributed by atoms with Gasteiger partial charge in [0, 0.05) is 11.3 Å². The number of hydrogen-bond acceptors (Lipinski definition) is 2. The Kier molecular flexibility index (Phi) is 2.36. The van der Waals surface area contributed by atoms with Gasteiger partial charge >= 0.3 is 0 Å². The van der Waals surface area contributed by atoms with Crippen molar-refractivity contribution in [2.24, 2.45) is 0 Å². The lowest BCUT2D eigenvalue weighted by Gasteiger charge is -2.04. The van der Waals surface area contributed by atoms with Crippen LogP contribution >= 0.6 is 0 Å². The lowest BCUT2D eigenvalue weighted by Crippen LogP contribution is -1.97. The van der Waals surface area contributed by atoms with Gasteiger partial charge in [0.25, 0.3) is 0 Å². The third-order valence-electron chi connectivity index (χ3n) is 4.25. The summed E-state index contributed by atoms with van der Waals surface area (Å²) in [5, 5.41) is 0. The number of nitrogen functional groups attached to an aromatic ring is 1. The second kappa shape index (κ2) is 4.10. The molecule has 0 saturated heterocycles. The average molecular weight is 263 g/mol. The molecule has 20 heavy (non-hydrogen) atoms. The normalized spacial score (nSPS) is 13.8. The maximum absolute atomic E-state index is 6.32. The van der Waals surface area contributed by atoms with Crippen molar-refractivity contribution >= 4 is 11.5 Å². The number of nitrogens with two attached hydrogens (primary N) is 1. The van der Waals surface area contributed by atoms with Gasteiger partial charge in [0.15, 0.2) is 0 Å². The third kappa shape index (κ3) is 1.56. The lowest BCUT2D eigenvalue weighted by molar-refractivity contribution is 0.912. The zero-order valence-corrected chi connectivity index (χ0v) is 11.6. The Morgan fingerprint density at radius 2 is 1.95 bits per heavy atom. The maximum Gasteiger partial charge on any atom is 0.139 e. The molecule has 0 amide bonds. The molecule has 0 unspecified atom stereocenters. The molecule has 3 nitrogen and oxygen atoms in total. The molecule has 1 aliphatic carbocycles. The van der Waals surface area contributed by atoms with E-state index < -0.39 is 0 Å². The predicted octanol–water partition coefficient (Wildman–Crippen LogP) is 3.38. The number of imidazole rings is 1. The summed E-state index contributed by atoms with van der Waals surface area (Å²) >= 11 is 0. The topological polar surface area (TPSA) is 43.3 Å². The summed E-state index contributed by atoms with van der Waals surface area (Å²) in [7, 11) is 0. The Morgan fingerprint density at radius 3 is 2.80 bits per heavy atom. The average Bonchev–Trinajstić information content (AvgIpc) is 3.03. The molecule has 3 aromatic rings. The van der Waals surface area contributed by atoms with Gasteiger partial charge in [-0.15, -0.1) is 0 Å². The van der Waals surface area contributed by atoms with Crippen molar-refractivity contribution < 1.29 is 0 Å². The zero-order valence-electron chi connectivity index (χ0n) is 11.6. The van der Waals surface area contributed by atoms with Crippen molar-refractivity contribution in [3.05, 3.63) is 53.2 Å². The van der Waals surface area contributed by atoms with E-state index in [1.54, 1.807) is 0 Å². The van der Waals surface area contributed by atoms with Crippen LogP contribution in [0.15, 0.2) is 36.4 Å². The summed E-state index contributed by atoms with van der Waals surface area (Å²) in [4.78, 5) is 4.71. The fraction of sp³-hybridized carbons (Fsp3) is 0.235. The van der Waals surface area contributed by atoms with Crippen molar-refractivity contribution in [2.45, 2.75) is 26.2 Å². The van der Waals surface area contributed by atoms with Gasteiger partial charge in [-0.1, -0.05) is 18.2 Å². The van der Waals surface area contributed by atoms with Gasteiger partial charge in [-0.25, -0.2) is 4.98 Å². The standard InChI is InChI=1S/C17H17N3/c1-11-4-2-7-15-19-16(17(18)20(11)15)14-9-8-12-5-3-6-13(12)10-14/h2,4,7-10H,3,5-6,18H2,1H3. The monoisotopic (exact) mass is 263 g/mol. The number of hydrogen-bond donors (Lipinski definition) is 1. The number of benzene rings is 1. The van der Waals surface area contributed by atoms with Gasteiger partial charge in [-0.3, -0.25) is 4.40 Å². The minimum absolute atomic E-state index is 0.732. The van der Waals surface area contributed by atoms with Gasteiger partial charge in [-0.05, 0) is 55.5 Å². The minimum Gasteiger partial charge on any atom is -0.383 e. The highest BCUT2D eigenvalue weighted by molar-refractivity contribution is 5.76. The summed E-state index contributed by atoms with van der Waals surface area (Å²) < 4.78 is 2.02. The Morgan fingerprint density at radius 1 is 1.10 bits per heavy atom. The molecule has 0 atom stereocenters. The van der Waals surface area contributed by atoms with E-state index >= 15 is 0 Å². The van der Waals surface area contributed by atoms with Crippen molar-refractivity contribution in [3.63, 3.8) is 0 Å². The lowest BCUT2D eigenvalue weighted by atomic mass is 10.0.